The Morgan fingerprint density at radius 2 is 0.833 bits per heavy atom. The van der Waals surface area contributed by atoms with Crippen LogP contribution < -0.4 is 9.47 Å². The maximum atomic E-state index is 5.67. The zero-order chi connectivity index (χ0) is 21.9. The average molecular weight is 414 g/mol. The molecule has 0 fully saturated rings. The molecule has 30 heavy (non-hydrogen) atoms. The van der Waals surface area contributed by atoms with Crippen molar-refractivity contribution in [3.63, 3.8) is 0 Å². The summed E-state index contributed by atoms with van der Waals surface area (Å²) in [6.07, 6.45) is 2.81. The van der Waals surface area contributed by atoms with E-state index >= 15 is 0 Å². The summed E-state index contributed by atoms with van der Waals surface area (Å²) in [4.78, 5) is 0. The maximum Gasteiger partial charge on any atom is 0.137 e. The molecule has 0 saturated heterocycles. The maximum absolute atomic E-state index is 5.67. The summed E-state index contributed by atoms with van der Waals surface area (Å²) in [5, 5.41) is 0. The zero-order valence-corrected chi connectivity index (χ0v) is 18.2. The van der Waals surface area contributed by atoms with Gasteiger partial charge in [0.1, 0.15) is 11.5 Å². The van der Waals surface area contributed by atoms with E-state index in [-0.39, 0.29) is 0 Å². The minimum atomic E-state index is 0.390. The Bertz CT molecular complexity index is 733. The lowest BCUT2D eigenvalue weighted by molar-refractivity contribution is 0.175. The van der Waals surface area contributed by atoms with Crippen LogP contribution in [-0.4, -0.2) is 28.4 Å². The lowest BCUT2D eigenvalue weighted by Crippen LogP contribution is -2.03. The molecule has 2 rings (SSSR count). The smallest absolute Gasteiger partial charge is 0.137 e. The van der Waals surface area contributed by atoms with Crippen molar-refractivity contribution in [2.75, 3.05) is 28.4 Å². The normalized spacial score (nSPS) is 10.7. The van der Waals surface area contributed by atoms with Crippen LogP contribution in [0, 0.1) is 0 Å². The fraction of sp³-hybridized carbons (Fsp3) is 0.333. The second-order valence-corrected chi connectivity index (χ2v) is 6.55. The second kappa shape index (κ2) is 12.1. The summed E-state index contributed by atoms with van der Waals surface area (Å²) in [6.45, 7) is 8.91. The summed E-state index contributed by atoms with van der Waals surface area (Å²) in [5.41, 5.74) is 5.57. The SMILES string of the molecule is C=COc1c(COC)cc(-c2cc(COC)c(OC=C)c(COC)c2)cc1COC. The highest BCUT2D eigenvalue weighted by atomic mass is 16.5. The highest BCUT2D eigenvalue weighted by Gasteiger charge is 2.17. The van der Waals surface area contributed by atoms with Gasteiger partial charge < -0.3 is 28.4 Å². The first-order valence-corrected chi connectivity index (χ1v) is 9.46. The molecule has 0 aliphatic rings. The monoisotopic (exact) mass is 414 g/mol. The van der Waals surface area contributed by atoms with Crippen LogP contribution in [0.4, 0.5) is 0 Å². The van der Waals surface area contributed by atoms with Crippen molar-refractivity contribution in [2.24, 2.45) is 0 Å². The standard InChI is InChI=1S/C24H30O6/c1-7-29-23-19(13-25-3)9-17(10-20(23)14-26-4)18-11-21(15-27-5)24(30-8-2)22(12-18)16-28-6/h7-12H,1-2,13-16H2,3-6H3. The lowest BCUT2D eigenvalue weighted by atomic mass is 9.95. The molecule has 0 atom stereocenters. The van der Waals surface area contributed by atoms with Crippen molar-refractivity contribution >= 4 is 0 Å². The number of ether oxygens (including phenoxy) is 6. The summed E-state index contributed by atoms with van der Waals surface area (Å²) in [7, 11) is 6.59. The molecule has 162 valence electrons. The first kappa shape index (κ1) is 23.6. The Hall–Kier alpha value is -2.64. The minimum absolute atomic E-state index is 0.390. The minimum Gasteiger partial charge on any atom is -0.465 e. The topological polar surface area (TPSA) is 55.4 Å². The molecule has 2 aromatic carbocycles. The van der Waals surface area contributed by atoms with Crippen LogP contribution >= 0.6 is 0 Å². The molecule has 0 heterocycles. The molecule has 6 heteroatoms. The largest absolute Gasteiger partial charge is 0.465 e. The third kappa shape index (κ3) is 5.70. The second-order valence-electron chi connectivity index (χ2n) is 6.55. The average Bonchev–Trinajstić information content (AvgIpc) is 2.73. The summed E-state index contributed by atoms with van der Waals surface area (Å²) in [5.74, 6) is 1.39. The van der Waals surface area contributed by atoms with Crippen molar-refractivity contribution in [2.45, 2.75) is 26.4 Å². The number of hydrogen-bond acceptors (Lipinski definition) is 6. The van der Waals surface area contributed by atoms with Gasteiger partial charge in [-0.1, -0.05) is 13.2 Å². The first-order valence-electron chi connectivity index (χ1n) is 9.46. The van der Waals surface area contributed by atoms with Crippen molar-refractivity contribution in [1.82, 2.24) is 0 Å². The Morgan fingerprint density at radius 1 is 0.567 bits per heavy atom. The molecular formula is C24H30O6. The molecule has 0 bridgehead atoms. The Balaban J connectivity index is 2.71. The Kier molecular flexibility index (Phi) is 9.57. The van der Waals surface area contributed by atoms with Crippen molar-refractivity contribution in [3.05, 3.63) is 72.2 Å². The van der Waals surface area contributed by atoms with Gasteiger partial charge >= 0.3 is 0 Å². The van der Waals surface area contributed by atoms with Crippen LogP contribution in [0.3, 0.4) is 0 Å². The van der Waals surface area contributed by atoms with E-state index in [1.165, 1.54) is 12.5 Å². The molecule has 2 aromatic rings. The van der Waals surface area contributed by atoms with Crippen molar-refractivity contribution in [1.29, 1.82) is 0 Å². The molecule has 6 nitrogen and oxygen atoms in total. The van der Waals surface area contributed by atoms with Crippen LogP contribution in [0.15, 0.2) is 49.9 Å². The number of methoxy groups -OCH3 is 4. The van der Waals surface area contributed by atoms with Crippen molar-refractivity contribution < 1.29 is 28.4 Å². The molecule has 0 spiro atoms. The van der Waals surface area contributed by atoms with E-state index in [0.717, 1.165) is 33.4 Å². The zero-order valence-electron chi connectivity index (χ0n) is 18.2. The lowest BCUT2D eigenvalue weighted by Gasteiger charge is -2.18. The Morgan fingerprint density at radius 3 is 1.03 bits per heavy atom. The molecule has 0 aromatic heterocycles. The van der Waals surface area contributed by atoms with E-state index < -0.39 is 0 Å². The number of hydrogen-bond donors (Lipinski definition) is 0. The summed E-state index contributed by atoms with van der Waals surface area (Å²) >= 11 is 0. The highest BCUT2D eigenvalue weighted by Crippen LogP contribution is 2.36. The van der Waals surface area contributed by atoms with Gasteiger partial charge in [0, 0.05) is 50.7 Å². The van der Waals surface area contributed by atoms with Crippen molar-refractivity contribution in [3.8, 4) is 22.6 Å². The molecule has 0 N–H and O–H groups in total. The number of benzene rings is 2. The van der Waals surface area contributed by atoms with E-state index in [4.69, 9.17) is 28.4 Å². The van der Waals surface area contributed by atoms with E-state index in [2.05, 4.69) is 13.2 Å². The molecule has 0 saturated carbocycles. The molecule has 0 amide bonds. The van der Waals surface area contributed by atoms with Gasteiger partial charge in [0.2, 0.25) is 0 Å². The predicted molar refractivity (Wildman–Crippen MR) is 116 cm³/mol. The third-order valence-electron chi connectivity index (χ3n) is 4.42. The number of rotatable bonds is 13. The molecular weight excluding hydrogens is 384 g/mol. The van der Waals surface area contributed by atoms with Crippen LogP contribution in [-0.2, 0) is 45.4 Å². The molecule has 0 radical (unpaired) electrons. The van der Waals surface area contributed by atoms with Gasteiger partial charge in [-0.25, -0.2) is 0 Å². The van der Waals surface area contributed by atoms with E-state index in [9.17, 15) is 0 Å². The fourth-order valence-electron chi connectivity index (χ4n) is 3.36. The summed E-state index contributed by atoms with van der Waals surface area (Å²) in [6, 6.07) is 8.16. The molecule has 0 unspecified atom stereocenters. The quantitative estimate of drug-likeness (QED) is 0.431. The van der Waals surface area contributed by atoms with Gasteiger partial charge in [-0.2, -0.15) is 0 Å². The molecule has 0 aliphatic carbocycles. The van der Waals surface area contributed by atoms with E-state index in [1.807, 2.05) is 24.3 Å². The third-order valence-corrected chi connectivity index (χ3v) is 4.42. The molecule has 0 aliphatic heterocycles. The fourth-order valence-corrected chi connectivity index (χ4v) is 3.36. The van der Waals surface area contributed by atoms with Gasteiger partial charge in [-0.3, -0.25) is 0 Å². The van der Waals surface area contributed by atoms with E-state index in [1.54, 1.807) is 28.4 Å². The van der Waals surface area contributed by atoms with Gasteiger partial charge in [-0.05, 0) is 35.4 Å². The van der Waals surface area contributed by atoms with Crippen LogP contribution in [0.2, 0.25) is 0 Å². The first-order chi connectivity index (χ1) is 14.6. The van der Waals surface area contributed by atoms with Crippen LogP contribution in [0.25, 0.3) is 11.1 Å². The van der Waals surface area contributed by atoms with Crippen LogP contribution in [0.5, 0.6) is 11.5 Å². The predicted octanol–water partition coefficient (Wildman–Crippen LogP) is 4.98. The van der Waals surface area contributed by atoms with E-state index in [0.29, 0.717) is 37.9 Å². The van der Waals surface area contributed by atoms with Gasteiger partial charge in [0.05, 0.1) is 39.0 Å². The Labute approximate surface area is 178 Å². The highest BCUT2D eigenvalue weighted by molar-refractivity contribution is 5.71. The van der Waals surface area contributed by atoms with Gasteiger partial charge in [0.25, 0.3) is 0 Å². The van der Waals surface area contributed by atoms with Gasteiger partial charge in [-0.15, -0.1) is 0 Å². The summed E-state index contributed by atoms with van der Waals surface area (Å²) < 4.78 is 32.9. The van der Waals surface area contributed by atoms with Gasteiger partial charge in [0.15, 0.2) is 0 Å². The van der Waals surface area contributed by atoms with Crippen LogP contribution in [0.1, 0.15) is 22.3 Å².